The van der Waals surface area contributed by atoms with Gasteiger partial charge in [-0.05, 0) is 43.6 Å². The molecule has 2 fully saturated rings. The Morgan fingerprint density at radius 3 is 2.65 bits per heavy atom. The summed E-state index contributed by atoms with van der Waals surface area (Å²) in [4.78, 5) is 12.1. The van der Waals surface area contributed by atoms with Crippen molar-refractivity contribution in [3.05, 3.63) is 0 Å². The first-order valence-corrected chi connectivity index (χ1v) is 7.12. The van der Waals surface area contributed by atoms with Crippen LogP contribution in [0.1, 0.15) is 51.9 Å². The standard InChI is InChI=1S/C14H26N2O/c1-14(7-2-3-8-14)10-16-13(17)12-6-4-5-11(12)9-15/h11-12H,2-10,15H2,1H3,(H,16,17). The number of rotatable bonds is 4. The molecule has 2 rings (SSSR count). The van der Waals surface area contributed by atoms with E-state index >= 15 is 0 Å². The van der Waals surface area contributed by atoms with Crippen LogP contribution in [0.25, 0.3) is 0 Å². The van der Waals surface area contributed by atoms with Gasteiger partial charge in [0.1, 0.15) is 0 Å². The first-order valence-electron chi connectivity index (χ1n) is 7.12. The normalized spacial score (nSPS) is 31.6. The summed E-state index contributed by atoms with van der Waals surface area (Å²) in [5.74, 6) is 0.863. The van der Waals surface area contributed by atoms with Crippen molar-refractivity contribution in [1.82, 2.24) is 5.32 Å². The lowest BCUT2D eigenvalue weighted by molar-refractivity contribution is -0.126. The molecule has 98 valence electrons. The lowest BCUT2D eigenvalue weighted by Gasteiger charge is -2.25. The van der Waals surface area contributed by atoms with Crippen molar-refractivity contribution in [3.63, 3.8) is 0 Å². The predicted molar refractivity (Wildman–Crippen MR) is 69.5 cm³/mol. The fourth-order valence-electron chi connectivity index (χ4n) is 3.50. The molecule has 0 aromatic heterocycles. The van der Waals surface area contributed by atoms with Crippen molar-refractivity contribution in [2.75, 3.05) is 13.1 Å². The second-order valence-electron chi connectivity index (χ2n) is 6.27. The SMILES string of the molecule is CC1(CNC(=O)C2CCCC2CN)CCCC1. The van der Waals surface area contributed by atoms with Gasteiger partial charge in [-0.2, -0.15) is 0 Å². The molecular weight excluding hydrogens is 212 g/mol. The first-order chi connectivity index (χ1) is 8.14. The van der Waals surface area contributed by atoms with Crippen LogP contribution in [0.15, 0.2) is 0 Å². The largest absolute Gasteiger partial charge is 0.355 e. The van der Waals surface area contributed by atoms with Gasteiger partial charge in [-0.1, -0.05) is 26.2 Å². The third-order valence-electron chi connectivity index (χ3n) is 4.80. The molecule has 17 heavy (non-hydrogen) atoms. The van der Waals surface area contributed by atoms with E-state index in [0.29, 0.717) is 17.9 Å². The number of hydrogen-bond donors (Lipinski definition) is 2. The van der Waals surface area contributed by atoms with Gasteiger partial charge in [0.25, 0.3) is 0 Å². The van der Waals surface area contributed by atoms with Crippen LogP contribution in [0, 0.1) is 17.3 Å². The van der Waals surface area contributed by atoms with Crippen LogP contribution in [0.4, 0.5) is 0 Å². The van der Waals surface area contributed by atoms with Gasteiger partial charge in [0.05, 0.1) is 0 Å². The molecule has 3 N–H and O–H groups in total. The molecule has 3 nitrogen and oxygen atoms in total. The van der Waals surface area contributed by atoms with E-state index in [-0.39, 0.29) is 11.8 Å². The quantitative estimate of drug-likeness (QED) is 0.787. The monoisotopic (exact) mass is 238 g/mol. The maximum absolute atomic E-state index is 12.1. The zero-order valence-corrected chi connectivity index (χ0v) is 11.0. The number of carbonyl (C=O) groups excluding carboxylic acids is 1. The minimum Gasteiger partial charge on any atom is -0.355 e. The van der Waals surface area contributed by atoms with Crippen molar-refractivity contribution in [2.24, 2.45) is 23.0 Å². The lowest BCUT2D eigenvalue weighted by Crippen LogP contribution is -2.40. The second kappa shape index (κ2) is 5.38. The summed E-state index contributed by atoms with van der Waals surface area (Å²) in [5.41, 5.74) is 6.08. The highest BCUT2D eigenvalue weighted by Gasteiger charge is 2.34. The van der Waals surface area contributed by atoms with E-state index in [1.165, 1.54) is 25.7 Å². The van der Waals surface area contributed by atoms with Crippen LogP contribution >= 0.6 is 0 Å². The zero-order valence-electron chi connectivity index (χ0n) is 11.0. The van der Waals surface area contributed by atoms with Crippen molar-refractivity contribution in [2.45, 2.75) is 51.9 Å². The van der Waals surface area contributed by atoms with Gasteiger partial charge >= 0.3 is 0 Å². The molecule has 2 saturated carbocycles. The fourth-order valence-corrected chi connectivity index (χ4v) is 3.50. The van der Waals surface area contributed by atoms with E-state index < -0.39 is 0 Å². The Balaban J connectivity index is 1.80. The summed E-state index contributed by atoms with van der Waals surface area (Å²) < 4.78 is 0. The van der Waals surface area contributed by atoms with Gasteiger partial charge in [0, 0.05) is 12.5 Å². The average Bonchev–Trinajstić information content (AvgIpc) is 2.95. The van der Waals surface area contributed by atoms with Gasteiger partial charge < -0.3 is 11.1 Å². The number of hydrogen-bond acceptors (Lipinski definition) is 2. The molecule has 0 bridgehead atoms. The third kappa shape index (κ3) is 3.01. The van der Waals surface area contributed by atoms with E-state index in [1.807, 2.05) is 0 Å². The average molecular weight is 238 g/mol. The molecule has 0 aromatic rings. The van der Waals surface area contributed by atoms with Crippen molar-refractivity contribution < 1.29 is 4.79 Å². The Bertz CT molecular complexity index is 271. The Morgan fingerprint density at radius 2 is 2.00 bits per heavy atom. The molecule has 0 radical (unpaired) electrons. The highest BCUT2D eigenvalue weighted by atomic mass is 16.1. The Morgan fingerprint density at radius 1 is 1.29 bits per heavy atom. The Labute approximate surface area is 105 Å². The summed E-state index contributed by atoms with van der Waals surface area (Å²) in [6, 6.07) is 0. The number of amides is 1. The minimum absolute atomic E-state index is 0.185. The molecule has 3 heteroatoms. The van der Waals surface area contributed by atoms with Gasteiger partial charge in [-0.3, -0.25) is 4.79 Å². The molecule has 0 heterocycles. The van der Waals surface area contributed by atoms with Crippen molar-refractivity contribution >= 4 is 5.91 Å². The first kappa shape index (κ1) is 12.9. The van der Waals surface area contributed by atoms with Crippen LogP contribution in [-0.2, 0) is 4.79 Å². The minimum atomic E-state index is 0.185. The summed E-state index contributed by atoms with van der Waals surface area (Å²) in [5, 5.41) is 3.18. The summed E-state index contributed by atoms with van der Waals surface area (Å²) in [6.07, 6.45) is 8.49. The Hall–Kier alpha value is -0.570. The van der Waals surface area contributed by atoms with Crippen LogP contribution in [-0.4, -0.2) is 19.0 Å². The maximum atomic E-state index is 12.1. The molecule has 0 aliphatic heterocycles. The molecule has 0 spiro atoms. The maximum Gasteiger partial charge on any atom is 0.223 e. The third-order valence-corrected chi connectivity index (χ3v) is 4.80. The highest BCUT2D eigenvalue weighted by molar-refractivity contribution is 5.79. The highest BCUT2D eigenvalue weighted by Crippen LogP contribution is 2.37. The van der Waals surface area contributed by atoms with Gasteiger partial charge in [0.2, 0.25) is 5.91 Å². The van der Waals surface area contributed by atoms with Crippen LogP contribution in [0.5, 0.6) is 0 Å². The number of carbonyl (C=O) groups is 1. The smallest absolute Gasteiger partial charge is 0.223 e. The van der Waals surface area contributed by atoms with E-state index in [2.05, 4.69) is 12.2 Å². The van der Waals surface area contributed by atoms with Crippen LogP contribution < -0.4 is 11.1 Å². The number of nitrogens with two attached hydrogens (primary N) is 1. The van der Waals surface area contributed by atoms with E-state index in [1.54, 1.807) is 0 Å². The molecular formula is C14H26N2O. The van der Waals surface area contributed by atoms with E-state index in [0.717, 1.165) is 25.8 Å². The van der Waals surface area contributed by atoms with Gasteiger partial charge in [-0.25, -0.2) is 0 Å². The van der Waals surface area contributed by atoms with Gasteiger partial charge in [-0.15, -0.1) is 0 Å². The summed E-state index contributed by atoms with van der Waals surface area (Å²) in [7, 11) is 0. The molecule has 0 saturated heterocycles. The molecule has 2 unspecified atom stereocenters. The molecule has 2 aliphatic rings. The van der Waals surface area contributed by atoms with E-state index in [4.69, 9.17) is 5.73 Å². The molecule has 0 aromatic carbocycles. The molecule has 2 atom stereocenters. The topological polar surface area (TPSA) is 55.1 Å². The summed E-state index contributed by atoms with van der Waals surface area (Å²) in [6.45, 7) is 3.82. The molecule has 1 amide bonds. The lowest BCUT2D eigenvalue weighted by atomic mass is 9.88. The summed E-state index contributed by atoms with van der Waals surface area (Å²) >= 11 is 0. The van der Waals surface area contributed by atoms with E-state index in [9.17, 15) is 4.79 Å². The molecule has 2 aliphatic carbocycles. The van der Waals surface area contributed by atoms with Crippen LogP contribution in [0.2, 0.25) is 0 Å². The zero-order chi connectivity index (χ0) is 12.3. The van der Waals surface area contributed by atoms with Crippen molar-refractivity contribution in [1.29, 1.82) is 0 Å². The number of nitrogens with one attached hydrogen (secondary N) is 1. The van der Waals surface area contributed by atoms with Crippen molar-refractivity contribution in [3.8, 4) is 0 Å². The van der Waals surface area contributed by atoms with Crippen LogP contribution in [0.3, 0.4) is 0 Å². The fraction of sp³-hybridized carbons (Fsp3) is 0.929. The van der Waals surface area contributed by atoms with Gasteiger partial charge in [0.15, 0.2) is 0 Å². The second-order valence-corrected chi connectivity index (χ2v) is 6.27. The Kier molecular flexibility index (Phi) is 4.08. The predicted octanol–water partition coefficient (Wildman–Crippen LogP) is 2.06.